The van der Waals surface area contributed by atoms with E-state index >= 15 is 0 Å². The molecule has 1 aliphatic heterocycles. The van der Waals surface area contributed by atoms with Gasteiger partial charge in [-0.05, 0) is 47.9 Å². The summed E-state index contributed by atoms with van der Waals surface area (Å²) >= 11 is 0. The van der Waals surface area contributed by atoms with E-state index < -0.39 is 0 Å². The molecule has 25 heavy (non-hydrogen) atoms. The zero-order valence-electron chi connectivity index (χ0n) is 14.2. The monoisotopic (exact) mass is 335 g/mol. The van der Waals surface area contributed by atoms with Crippen LogP contribution in [-0.2, 0) is 6.54 Å². The maximum Gasteiger partial charge on any atom is 0.123 e. The van der Waals surface area contributed by atoms with Gasteiger partial charge in [-0.25, -0.2) is 4.39 Å². The lowest BCUT2D eigenvalue weighted by Crippen LogP contribution is -2.33. The summed E-state index contributed by atoms with van der Waals surface area (Å²) in [5, 5.41) is 5.74. The van der Waals surface area contributed by atoms with Gasteiger partial charge in [0, 0.05) is 25.0 Å². The molecule has 2 heterocycles. The number of benzene rings is 2. The van der Waals surface area contributed by atoms with Crippen LogP contribution in [0.4, 0.5) is 4.39 Å². The van der Waals surface area contributed by atoms with Crippen LogP contribution in [0.1, 0.15) is 17.9 Å². The van der Waals surface area contributed by atoms with Crippen LogP contribution in [0.15, 0.2) is 54.7 Å². The maximum absolute atomic E-state index is 13.1. The molecule has 0 bridgehead atoms. The smallest absolute Gasteiger partial charge is 0.123 e. The minimum absolute atomic E-state index is 0.140. The Bertz CT molecular complexity index is 886. The molecule has 0 N–H and O–H groups in total. The van der Waals surface area contributed by atoms with E-state index in [2.05, 4.69) is 38.9 Å². The van der Waals surface area contributed by atoms with Crippen molar-refractivity contribution < 1.29 is 4.39 Å². The summed E-state index contributed by atoms with van der Waals surface area (Å²) in [7, 11) is 0. The Balaban J connectivity index is 1.22. The van der Waals surface area contributed by atoms with Crippen LogP contribution in [0.3, 0.4) is 0 Å². The van der Waals surface area contributed by atoms with Gasteiger partial charge in [0.15, 0.2) is 0 Å². The molecule has 5 rings (SSSR count). The van der Waals surface area contributed by atoms with Crippen molar-refractivity contribution in [2.75, 3.05) is 19.6 Å². The first kappa shape index (κ1) is 15.1. The second kappa shape index (κ2) is 5.95. The molecule has 1 saturated heterocycles. The Morgan fingerprint density at radius 2 is 1.84 bits per heavy atom. The second-order valence-corrected chi connectivity index (χ2v) is 7.50. The van der Waals surface area contributed by atoms with Gasteiger partial charge in [-0.2, -0.15) is 5.10 Å². The SMILES string of the molecule is Fc1ccc(C2CC3CN(CCn4ncc5ccccc54)CC32)cc1. The van der Waals surface area contributed by atoms with E-state index in [1.54, 1.807) is 12.1 Å². The van der Waals surface area contributed by atoms with Crippen molar-refractivity contribution in [3.05, 3.63) is 66.1 Å². The van der Waals surface area contributed by atoms with Crippen molar-refractivity contribution in [2.24, 2.45) is 11.8 Å². The molecule has 3 unspecified atom stereocenters. The third-order valence-electron chi connectivity index (χ3n) is 6.12. The topological polar surface area (TPSA) is 21.1 Å². The second-order valence-electron chi connectivity index (χ2n) is 7.50. The summed E-state index contributed by atoms with van der Waals surface area (Å²) in [6.07, 6.45) is 3.20. The minimum atomic E-state index is -0.140. The fourth-order valence-electron chi connectivity index (χ4n) is 4.72. The lowest BCUT2D eigenvalue weighted by atomic mass is 9.64. The normalized spacial score (nSPS) is 25.9. The number of halogens is 1. The van der Waals surface area contributed by atoms with E-state index in [0.29, 0.717) is 5.92 Å². The molecule has 3 atom stereocenters. The summed E-state index contributed by atoms with van der Waals surface area (Å²) in [6, 6.07) is 15.5. The third kappa shape index (κ3) is 2.65. The highest BCUT2D eigenvalue weighted by atomic mass is 19.1. The zero-order chi connectivity index (χ0) is 16.8. The van der Waals surface area contributed by atoms with Crippen molar-refractivity contribution in [1.29, 1.82) is 0 Å². The first-order valence-electron chi connectivity index (χ1n) is 9.16. The molecule has 128 valence electrons. The van der Waals surface area contributed by atoms with E-state index in [4.69, 9.17) is 0 Å². The predicted molar refractivity (Wildman–Crippen MR) is 96.9 cm³/mol. The highest BCUT2D eigenvalue weighted by molar-refractivity contribution is 5.78. The average Bonchev–Trinajstić information content (AvgIpc) is 3.17. The number of likely N-dealkylation sites (tertiary alicyclic amines) is 1. The first-order valence-corrected chi connectivity index (χ1v) is 9.16. The van der Waals surface area contributed by atoms with E-state index in [0.717, 1.165) is 31.5 Å². The van der Waals surface area contributed by atoms with E-state index in [1.807, 2.05) is 18.3 Å². The molecular formula is C21H22FN3. The van der Waals surface area contributed by atoms with Crippen LogP contribution in [0.5, 0.6) is 0 Å². The number of para-hydroxylation sites is 1. The molecule has 2 aromatic carbocycles. The zero-order valence-corrected chi connectivity index (χ0v) is 14.2. The number of fused-ring (bicyclic) bond motifs is 2. The van der Waals surface area contributed by atoms with Crippen LogP contribution < -0.4 is 0 Å². The molecule has 2 fully saturated rings. The summed E-state index contributed by atoms with van der Waals surface area (Å²) < 4.78 is 15.2. The van der Waals surface area contributed by atoms with E-state index in [9.17, 15) is 4.39 Å². The van der Waals surface area contributed by atoms with Crippen LogP contribution in [0, 0.1) is 17.7 Å². The summed E-state index contributed by atoms with van der Waals surface area (Å²) in [5.74, 6) is 2.02. The maximum atomic E-state index is 13.1. The first-order chi connectivity index (χ1) is 12.3. The van der Waals surface area contributed by atoms with Crippen molar-refractivity contribution in [2.45, 2.75) is 18.9 Å². The molecule has 3 nitrogen and oxygen atoms in total. The standard InChI is InChI=1S/C21H22FN3/c22-18-7-5-15(6-8-18)19-11-17-13-24(14-20(17)19)9-10-25-21-4-2-1-3-16(21)12-23-25/h1-8,12,17,19-20H,9-11,13-14H2. The number of rotatable bonds is 4. The predicted octanol–water partition coefficient (Wildman–Crippen LogP) is 3.91. The van der Waals surface area contributed by atoms with Gasteiger partial charge < -0.3 is 4.90 Å². The van der Waals surface area contributed by atoms with Gasteiger partial charge in [-0.15, -0.1) is 0 Å². The van der Waals surface area contributed by atoms with Crippen molar-refractivity contribution >= 4 is 10.9 Å². The van der Waals surface area contributed by atoms with Crippen molar-refractivity contribution in [3.8, 4) is 0 Å². The molecule has 1 saturated carbocycles. The van der Waals surface area contributed by atoms with Crippen molar-refractivity contribution in [1.82, 2.24) is 14.7 Å². The molecule has 0 amide bonds. The third-order valence-corrected chi connectivity index (χ3v) is 6.12. The van der Waals surface area contributed by atoms with Gasteiger partial charge >= 0.3 is 0 Å². The van der Waals surface area contributed by atoms with Crippen LogP contribution in [-0.4, -0.2) is 34.3 Å². The van der Waals surface area contributed by atoms with E-state index in [1.165, 1.54) is 29.4 Å². The number of aromatic nitrogens is 2. The van der Waals surface area contributed by atoms with E-state index in [-0.39, 0.29) is 5.82 Å². The van der Waals surface area contributed by atoms with Gasteiger partial charge in [0.2, 0.25) is 0 Å². The molecule has 4 heteroatoms. The van der Waals surface area contributed by atoms with Gasteiger partial charge in [0.1, 0.15) is 5.82 Å². The minimum Gasteiger partial charge on any atom is -0.301 e. The average molecular weight is 335 g/mol. The summed E-state index contributed by atoms with van der Waals surface area (Å²) in [4.78, 5) is 2.58. The summed E-state index contributed by atoms with van der Waals surface area (Å²) in [6.45, 7) is 4.34. The fourth-order valence-corrected chi connectivity index (χ4v) is 4.72. The Morgan fingerprint density at radius 3 is 2.72 bits per heavy atom. The highest BCUT2D eigenvalue weighted by Crippen LogP contribution is 2.51. The van der Waals surface area contributed by atoms with Gasteiger partial charge in [-0.1, -0.05) is 30.3 Å². The quantitative estimate of drug-likeness (QED) is 0.721. The lowest BCUT2D eigenvalue weighted by molar-refractivity contribution is 0.191. The lowest BCUT2D eigenvalue weighted by Gasteiger charge is -2.40. The largest absolute Gasteiger partial charge is 0.301 e. The van der Waals surface area contributed by atoms with Crippen LogP contribution in [0.25, 0.3) is 10.9 Å². The van der Waals surface area contributed by atoms with Gasteiger partial charge in [0.25, 0.3) is 0 Å². The van der Waals surface area contributed by atoms with Gasteiger partial charge in [0.05, 0.1) is 18.3 Å². The fraction of sp³-hybridized carbons (Fsp3) is 0.381. The van der Waals surface area contributed by atoms with Crippen LogP contribution >= 0.6 is 0 Å². The van der Waals surface area contributed by atoms with Crippen LogP contribution in [0.2, 0.25) is 0 Å². The molecule has 3 aromatic rings. The molecule has 1 aromatic heterocycles. The Morgan fingerprint density at radius 1 is 1.00 bits per heavy atom. The van der Waals surface area contributed by atoms with Gasteiger partial charge in [-0.3, -0.25) is 4.68 Å². The molecule has 1 aliphatic carbocycles. The molecule has 0 radical (unpaired) electrons. The Kier molecular flexibility index (Phi) is 3.59. The molecule has 2 aliphatic rings. The molecule has 0 spiro atoms. The summed E-state index contributed by atoms with van der Waals surface area (Å²) in [5.41, 5.74) is 2.52. The number of nitrogens with zero attached hydrogens (tertiary/aromatic N) is 3. The molecular weight excluding hydrogens is 313 g/mol. The number of hydrogen-bond donors (Lipinski definition) is 0. The van der Waals surface area contributed by atoms with Crippen molar-refractivity contribution in [3.63, 3.8) is 0 Å². The Hall–Kier alpha value is -2.20. The number of hydrogen-bond acceptors (Lipinski definition) is 2. The highest BCUT2D eigenvalue weighted by Gasteiger charge is 2.47. The Labute approximate surface area is 147 Å².